The molecule has 0 fully saturated rings. The van der Waals surface area contributed by atoms with Crippen LogP contribution in [-0.4, -0.2) is 51.9 Å². The summed E-state index contributed by atoms with van der Waals surface area (Å²) in [7, 11) is 1.50. The number of ether oxygens (including phenoxy) is 2. The highest BCUT2D eigenvalue weighted by atomic mass is 35.5. The molecule has 0 spiro atoms. The summed E-state index contributed by atoms with van der Waals surface area (Å²) >= 11 is 6.32. The van der Waals surface area contributed by atoms with Gasteiger partial charge >= 0.3 is 5.97 Å². The third-order valence-corrected chi connectivity index (χ3v) is 5.03. The van der Waals surface area contributed by atoms with E-state index in [1.54, 1.807) is 25.1 Å². The van der Waals surface area contributed by atoms with Crippen LogP contribution < -0.4 is 15.4 Å². The van der Waals surface area contributed by atoms with Crippen LogP contribution in [0.3, 0.4) is 0 Å². The van der Waals surface area contributed by atoms with Gasteiger partial charge in [-0.1, -0.05) is 11.6 Å². The van der Waals surface area contributed by atoms with Gasteiger partial charge in [0.25, 0.3) is 5.91 Å². The number of carbonyl (C=O) groups is 2. The van der Waals surface area contributed by atoms with Gasteiger partial charge < -0.3 is 20.1 Å². The number of nitrogens with zero attached hydrogens (tertiary/aromatic N) is 4. The van der Waals surface area contributed by atoms with Crippen molar-refractivity contribution in [3.63, 3.8) is 0 Å². The van der Waals surface area contributed by atoms with Crippen LogP contribution in [0.15, 0.2) is 36.7 Å². The molecule has 1 aromatic carbocycles. The number of hydrogen-bond donors (Lipinski definition) is 2. The molecular weight excluding hydrogens is 460 g/mol. The van der Waals surface area contributed by atoms with Crippen LogP contribution >= 0.6 is 11.6 Å². The van der Waals surface area contributed by atoms with Gasteiger partial charge in [-0.2, -0.15) is 5.10 Å². The largest absolute Gasteiger partial charge is 0.495 e. The minimum absolute atomic E-state index is 0.0992. The maximum Gasteiger partial charge on any atom is 0.307 e. The standard InChI is InChI=1S/C23H27ClN6O4/c1-5-34-20(31)8-10-25-22(32)15-6-7-17(19(12-15)33-4)27-23-26-13-16(24)21(28-23)18-9-11-30(29-18)14(2)3/h6-7,9,11-14H,5,8,10H2,1-4H3,(H,25,32)(H,26,27,28). The molecule has 2 N–H and O–H groups in total. The number of amides is 1. The Morgan fingerprint density at radius 2 is 2.03 bits per heavy atom. The molecule has 11 heteroatoms. The van der Waals surface area contributed by atoms with Crippen molar-refractivity contribution >= 4 is 35.1 Å². The van der Waals surface area contributed by atoms with Gasteiger partial charge in [0, 0.05) is 24.3 Å². The molecular formula is C23H27ClN6O4. The number of nitrogens with one attached hydrogen (secondary N) is 2. The SMILES string of the molecule is CCOC(=O)CCNC(=O)c1ccc(Nc2ncc(Cl)c(-c3ccn(C(C)C)n3)n2)c(OC)c1. The van der Waals surface area contributed by atoms with Crippen molar-refractivity contribution in [3.05, 3.63) is 47.2 Å². The average molecular weight is 487 g/mol. The highest BCUT2D eigenvalue weighted by Crippen LogP contribution is 2.30. The lowest BCUT2D eigenvalue weighted by Gasteiger charge is -2.13. The maximum absolute atomic E-state index is 12.4. The molecule has 2 heterocycles. The first-order chi connectivity index (χ1) is 16.3. The number of esters is 1. The highest BCUT2D eigenvalue weighted by molar-refractivity contribution is 6.32. The molecule has 0 radical (unpaired) electrons. The molecule has 1 amide bonds. The number of methoxy groups -OCH3 is 1. The number of halogens is 1. The Balaban J connectivity index is 1.74. The van der Waals surface area contributed by atoms with Crippen LogP contribution in [0.4, 0.5) is 11.6 Å². The molecule has 0 bridgehead atoms. The van der Waals surface area contributed by atoms with Gasteiger partial charge in [0.1, 0.15) is 17.1 Å². The number of rotatable bonds is 10. The third kappa shape index (κ3) is 6.22. The minimum atomic E-state index is -0.363. The van der Waals surface area contributed by atoms with E-state index in [0.717, 1.165) is 0 Å². The van der Waals surface area contributed by atoms with Crippen LogP contribution in [-0.2, 0) is 9.53 Å². The summed E-state index contributed by atoms with van der Waals surface area (Å²) in [5.41, 5.74) is 2.07. The predicted octanol–water partition coefficient (Wildman–Crippen LogP) is 4.01. The van der Waals surface area contributed by atoms with E-state index >= 15 is 0 Å². The Morgan fingerprint density at radius 3 is 2.71 bits per heavy atom. The van der Waals surface area contributed by atoms with Crippen molar-refractivity contribution in [2.75, 3.05) is 25.6 Å². The van der Waals surface area contributed by atoms with Crippen molar-refractivity contribution in [1.82, 2.24) is 25.1 Å². The molecule has 2 aromatic heterocycles. The molecule has 0 aliphatic heterocycles. The third-order valence-electron chi connectivity index (χ3n) is 4.75. The Morgan fingerprint density at radius 1 is 1.24 bits per heavy atom. The molecule has 0 unspecified atom stereocenters. The fourth-order valence-corrected chi connectivity index (χ4v) is 3.22. The van der Waals surface area contributed by atoms with E-state index in [0.29, 0.717) is 46.0 Å². The Kier molecular flexibility index (Phi) is 8.42. The van der Waals surface area contributed by atoms with Gasteiger partial charge in [0.2, 0.25) is 5.95 Å². The van der Waals surface area contributed by atoms with Crippen LogP contribution in [0.25, 0.3) is 11.4 Å². The summed E-state index contributed by atoms with van der Waals surface area (Å²) in [6.07, 6.45) is 3.46. The first-order valence-electron chi connectivity index (χ1n) is 10.8. The topological polar surface area (TPSA) is 120 Å². The number of benzene rings is 1. The maximum atomic E-state index is 12.4. The fraction of sp³-hybridized carbons (Fsp3) is 0.348. The molecule has 3 aromatic rings. The summed E-state index contributed by atoms with van der Waals surface area (Å²) in [5, 5.41) is 10.7. The summed E-state index contributed by atoms with van der Waals surface area (Å²) < 4.78 is 12.1. The zero-order valence-electron chi connectivity index (χ0n) is 19.5. The Hall–Kier alpha value is -3.66. The second kappa shape index (κ2) is 11.5. The van der Waals surface area contributed by atoms with E-state index in [9.17, 15) is 9.59 Å². The summed E-state index contributed by atoms with van der Waals surface area (Å²) in [6, 6.07) is 6.95. The zero-order chi connectivity index (χ0) is 24.7. The van der Waals surface area contributed by atoms with Crippen LogP contribution in [0.2, 0.25) is 5.02 Å². The first-order valence-corrected chi connectivity index (χ1v) is 11.2. The van der Waals surface area contributed by atoms with Crippen LogP contribution in [0.5, 0.6) is 5.75 Å². The predicted molar refractivity (Wildman–Crippen MR) is 129 cm³/mol. The monoisotopic (exact) mass is 486 g/mol. The van der Waals surface area contributed by atoms with Crippen molar-refractivity contribution in [2.24, 2.45) is 0 Å². The number of carbonyl (C=O) groups excluding carboxylic acids is 2. The van der Waals surface area contributed by atoms with Crippen molar-refractivity contribution in [1.29, 1.82) is 0 Å². The molecule has 0 atom stereocenters. The Bertz CT molecular complexity index is 1160. The van der Waals surface area contributed by atoms with Gasteiger partial charge in [-0.05, 0) is 45.0 Å². The molecule has 0 saturated carbocycles. The van der Waals surface area contributed by atoms with E-state index in [-0.39, 0.29) is 30.9 Å². The van der Waals surface area contributed by atoms with E-state index in [1.165, 1.54) is 13.3 Å². The highest BCUT2D eigenvalue weighted by Gasteiger charge is 2.15. The molecule has 180 valence electrons. The zero-order valence-corrected chi connectivity index (χ0v) is 20.2. The molecule has 10 nitrogen and oxygen atoms in total. The van der Waals surface area contributed by atoms with E-state index < -0.39 is 0 Å². The average Bonchev–Trinajstić information content (AvgIpc) is 3.31. The Labute approximate surface area is 202 Å². The van der Waals surface area contributed by atoms with Gasteiger partial charge in [-0.25, -0.2) is 9.97 Å². The van der Waals surface area contributed by atoms with Gasteiger partial charge in [-0.3, -0.25) is 14.3 Å². The van der Waals surface area contributed by atoms with Crippen molar-refractivity contribution in [2.45, 2.75) is 33.2 Å². The van der Waals surface area contributed by atoms with Gasteiger partial charge in [0.05, 0.1) is 37.0 Å². The number of aromatic nitrogens is 4. The lowest BCUT2D eigenvalue weighted by atomic mass is 10.1. The molecule has 0 saturated heterocycles. The van der Waals surface area contributed by atoms with Gasteiger partial charge in [0.15, 0.2) is 0 Å². The van der Waals surface area contributed by atoms with Gasteiger partial charge in [-0.15, -0.1) is 0 Å². The van der Waals surface area contributed by atoms with Crippen molar-refractivity contribution < 1.29 is 19.1 Å². The van der Waals surface area contributed by atoms with Crippen LogP contribution in [0, 0.1) is 0 Å². The number of hydrogen-bond acceptors (Lipinski definition) is 8. The van der Waals surface area contributed by atoms with Crippen LogP contribution in [0.1, 0.15) is 43.6 Å². The second-order valence-corrected chi connectivity index (χ2v) is 7.92. The smallest absolute Gasteiger partial charge is 0.307 e. The lowest BCUT2D eigenvalue weighted by Crippen LogP contribution is -2.26. The first kappa shape index (κ1) is 25.0. The fourth-order valence-electron chi connectivity index (χ4n) is 3.03. The summed E-state index contributed by atoms with van der Waals surface area (Å²) in [6.45, 7) is 6.27. The summed E-state index contributed by atoms with van der Waals surface area (Å²) in [5.74, 6) is 0.0174. The van der Waals surface area contributed by atoms with E-state index in [4.69, 9.17) is 21.1 Å². The van der Waals surface area contributed by atoms with E-state index in [1.807, 2.05) is 30.8 Å². The quantitative estimate of drug-likeness (QED) is 0.412. The molecule has 3 rings (SSSR count). The number of anilines is 2. The lowest BCUT2D eigenvalue weighted by molar-refractivity contribution is -0.142. The summed E-state index contributed by atoms with van der Waals surface area (Å²) in [4.78, 5) is 32.6. The molecule has 0 aliphatic rings. The molecule has 0 aliphatic carbocycles. The van der Waals surface area contributed by atoms with E-state index in [2.05, 4.69) is 25.7 Å². The van der Waals surface area contributed by atoms with Crippen molar-refractivity contribution in [3.8, 4) is 17.1 Å². The molecule has 34 heavy (non-hydrogen) atoms. The second-order valence-electron chi connectivity index (χ2n) is 7.52. The normalized spacial score (nSPS) is 10.8. The minimum Gasteiger partial charge on any atom is -0.495 e.